The number of aliphatic hydroxyl groups excluding tert-OH is 1. The maximum Gasteiger partial charge on any atom is 0.278 e. The maximum absolute atomic E-state index is 13.5. The predicted octanol–water partition coefficient (Wildman–Crippen LogP) is 2.19. The highest BCUT2D eigenvalue weighted by Crippen LogP contribution is 2.34. The van der Waals surface area contributed by atoms with Gasteiger partial charge in [-0.05, 0) is 36.1 Å². The van der Waals surface area contributed by atoms with E-state index < -0.39 is 0 Å². The third-order valence-corrected chi connectivity index (χ3v) is 6.23. The highest BCUT2D eigenvalue weighted by atomic mass is 16.3. The Balaban J connectivity index is 1.70. The molecule has 4 rings (SSSR count). The van der Waals surface area contributed by atoms with Crippen LogP contribution in [0.5, 0.6) is 0 Å². The summed E-state index contributed by atoms with van der Waals surface area (Å²) in [5, 5.41) is 9.22. The van der Waals surface area contributed by atoms with Gasteiger partial charge in [-0.25, -0.2) is 0 Å². The molecule has 0 aromatic heterocycles. The molecule has 6 nitrogen and oxygen atoms in total. The first kappa shape index (κ1) is 21.3. The number of nitrogens with zero attached hydrogens (tertiary/aromatic N) is 3. The van der Waals surface area contributed by atoms with Crippen LogP contribution in [0.4, 0.5) is 0 Å². The number of hydrogen-bond donors (Lipinski definition) is 1. The molecule has 1 saturated heterocycles. The van der Waals surface area contributed by atoms with Crippen LogP contribution in [0, 0.1) is 13.8 Å². The second kappa shape index (κ2) is 9.04. The number of β-amino-alcohol motifs (C(OH)–C–C–N with tert-alkyl or cyclic N) is 1. The number of piperazine rings is 1. The lowest BCUT2D eigenvalue weighted by Crippen LogP contribution is -2.48. The maximum atomic E-state index is 13.5. The molecule has 0 radical (unpaired) electrons. The molecular weight excluding hydrogens is 390 g/mol. The number of aryl methyl sites for hydroxylation is 2. The van der Waals surface area contributed by atoms with E-state index in [-0.39, 0.29) is 25.0 Å². The van der Waals surface area contributed by atoms with Gasteiger partial charge in [0.15, 0.2) is 0 Å². The Morgan fingerprint density at radius 3 is 2.23 bits per heavy atom. The molecule has 2 heterocycles. The van der Waals surface area contributed by atoms with Crippen LogP contribution in [0.3, 0.4) is 0 Å². The lowest BCUT2D eigenvalue weighted by molar-refractivity contribution is -0.138. The monoisotopic (exact) mass is 419 g/mol. The molecule has 0 unspecified atom stereocenters. The minimum Gasteiger partial charge on any atom is -0.395 e. The molecule has 1 N–H and O–H groups in total. The van der Waals surface area contributed by atoms with E-state index in [4.69, 9.17) is 0 Å². The fourth-order valence-electron chi connectivity index (χ4n) is 4.26. The van der Waals surface area contributed by atoms with Crippen LogP contribution in [-0.4, -0.2) is 71.0 Å². The van der Waals surface area contributed by atoms with Gasteiger partial charge in [-0.15, -0.1) is 0 Å². The molecule has 2 amide bonds. The summed E-state index contributed by atoms with van der Waals surface area (Å²) >= 11 is 0. The van der Waals surface area contributed by atoms with Crippen molar-refractivity contribution in [3.8, 4) is 0 Å². The summed E-state index contributed by atoms with van der Waals surface area (Å²) in [7, 11) is 0. The normalized spacial score (nSPS) is 17.8. The first-order chi connectivity index (χ1) is 15.0. The molecule has 2 aromatic carbocycles. The smallest absolute Gasteiger partial charge is 0.278 e. The van der Waals surface area contributed by atoms with Gasteiger partial charge in [-0.1, -0.05) is 48.5 Å². The number of imide groups is 1. The van der Waals surface area contributed by atoms with Gasteiger partial charge >= 0.3 is 0 Å². The number of amides is 2. The zero-order valence-corrected chi connectivity index (χ0v) is 18.2. The lowest BCUT2D eigenvalue weighted by Gasteiger charge is -2.36. The van der Waals surface area contributed by atoms with Crippen molar-refractivity contribution in [3.63, 3.8) is 0 Å². The molecule has 1 fully saturated rings. The van der Waals surface area contributed by atoms with Crippen molar-refractivity contribution in [1.82, 2.24) is 14.7 Å². The molecule has 2 aliphatic rings. The molecule has 0 spiro atoms. The molecule has 2 aromatic rings. The number of aliphatic hydroxyl groups is 1. The largest absolute Gasteiger partial charge is 0.395 e. The van der Waals surface area contributed by atoms with Gasteiger partial charge < -0.3 is 10.0 Å². The number of hydrogen-bond acceptors (Lipinski definition) is 5. The van der Waals surface area contributed by atoms with E-state index in [0.717, 1.165) is 35.3 Å². The third-order valence-electron chi connectivity index (χ3n) is 6.23. The minimum atomic E-state index is -0.232. The zero-order chi connectivity index (χ0) is 22.0. The average Bonchev–Trinajstić information content (AvgIpc) is 3.02. The molecule has 31 heavy (non-hydrogen) atoms. The van der Waals surface area contributed by atoms with Crippen molar-refractivity contribution in [2.45, 2.75) is 20.4 Å². The Bertz CT molecular complexity index is 1010. The molecule has 0 bridgehead atoms. The van der Waals surface area contributed by atoms with Crippen LogP contribution in [0.1, 0.15) is 22.3 Å². The summed E-state index contributed by atoms with van der Waals surface area (Å²) in [5.74, 6) is -0.456. The molecule has 0 saturated carbocycles. The Labute approximate surface area is 183 Å². The van der Waals surface area contributed by atoms with Gasteiger partial charge in [-0.3, -0.25) is 19.4 Å². The average molecular weight is 420 g/mol. The van der Waals surface area contributed by atoms with Crippen LogP contribution in [-0.2, 0) is 16.1 Å². The fourth-order valence-corrected chi connectivity index (χ4v) is 4.26. The van der Waals surface area contributed by atoms with Gasteiger partial charge in [0.2, 0.25) is 0 Å². The minimum absolute atomic E-state index is 0.124. The Hall–Kier alpha value is -2.96. The van der Waals surface area contributed by atoms with Gasteiger partial charge in [0.25, 0.3) is 11.8 Å². The molecular formula is C25H29N3O3. The number of carbonyl (C=O) groups excluding carboxylic acids is 2. The SMILES string of the molecule is Cc1ccc(C2=C(N3CCN(CCO)CC3)C(=O)N(Cc3ccccc3)C2=O)cc1C. The van der Waals surface area contributed by atoms with Crippen LogP contribution in [0.2, 0.25) is 0 Å². The van der Waals surface area contributed by atoms with E-state index in [9.17, 15) is 14.7 Å². The fraction of sp³-hybridized carbons (Fsp3) is 0.360. The van der Waals surface area contributed by atoms with Crippen LogP contribution in [0.25, 0.3) is 5.57 Å². The predicted molar refractivity (Wildman–Crippen MR) is 120 cm³/mol. The molecule has 0 aliphatic carbocycles. The summed E-state index contributed by atoms with van der Waals surface area (Å²) in [6.45, 7) is 7.90. The molecule has 0 atom stereocenters. The van der Waals surface area contributed by atoms with Crippen molar-refractivity contribution < 1.29 is 14.7 Å². The summed E-state index contributed by atoms with van der Waals surface area (Å²) in [6.07, 6.45) is 0. The quantitative estimate of drug-likeness (QED) is 0.728. The highest BCUT2D eigenvalue weighted by Gasteiger charge is 2.42. The van der Waals surface area contributed by atoms with Gasteiger partial charge in [0.05, 0.1) is 18.7 Å². The van der Waals surface area contributed by atoms with E-state index in [1.807, 2.05) is 67.3 Å². The van der Waals surface area contributed by atoms with E-state index in [0.29, 0.717) is 30.9 Å². The Morgan fingerprint density at radius 1 is 0.871 bits per heavy atom. The highest BCUT2D eigenvalue weighted by molar-refractivity contribution is 6.35. The van der Waals surface area contributed by atoms with Crippen molar-refractivity contribution in [1.29, 1.82) is 0 Å². The van der Waals surface area contributed by atoms with Crippen molar-refractivity contribution >= 4 is 17.4 Å². The Kier molecular flexibility index (Phi) is 6.20. The summed E-state index contributed by atoms with van der Waals surface area (Å²) in [6, 6.07) is 15.6. The zero-order valence-electron chi connectivity index (χ0n) is 18.2. The summed E-state index contributed by atoms with van der Waals surface area (Å²) in [5.41, 5.74) is 4.98. The second-order valence-corrected chi connectivity index (χ2v) is 8.26. The van der Waals surface area contributed by atoms with Crippen molar-refractivity contribution in [2.75, 3.05) is 39.3 Å². The molecule has 2 aliphatic heterocycles. The van der Waals surface area contributed by atoms with E-state index >= 15 is 0 Å². The first-order valence-corrected chi connectivity index (χ1v) is 10.8. The van der Waals surface area contributed by atoms with E-state index in [2.05, 4.69) is 4.90 Å². The standard InChI is InChI=1S/C25H29N3O3/c1-18-8-9-21(16-19(18)2)22-23(27-12-10-26(11-13-27)14-15-29)25(31)28(24(22)30)17-20-6-4-3-5-7-20/h3-9,16,29H,10-15,17H2,1-2H3. The van der Waals surface area contributed by atoms with Crippen LogP contribution in [0.15, 0.2) is 54.2 Å². The van der Waals surface area contributed by atoms with Gasteiger partial charge in [0, 0.05) is 32.7 Å². The van der Waals surface area contributed by atoms with Gasteiger partial charge in [-0.2, -0.15) is 0 Å². The topological polar surface area (TPSA) is 64.1 Å². The number of benzene rings is 2. The number of rotatable bonds is 6. The van der Waals surface area contributed by atoms with Gasteiger partial charge in [0.1, 0.15) is 5.70 Å². The van der Waals surface area contributed by atoms with Crippen molar-refractivity contribution in [2.24, 2.45) is 0 Å². The third kappa shape index (κ3) is 4.27. The molecule has 162 valence electrons. The lowest BCUT2D eigenvalue weighted by atomic mass is 9.99. The first-order valence-electron chi connectivity index (χ1n) is 10.8. The van der Waals surface area contributed by atoms with E-state index in [1.54, 1.807) is 0 Å². The number of carbonyl (C=O) groups is 2. The van der Waals surface area contributed by atoms with Crippen LogP contribution >= 0.6 is 0 Å². The molecule has 6 heteroatoms. The van der Waals surface area contributed by atoms with Crippen LogP contribution < -0.4 is 0 Å². The Morgan fingerprint density at radius 2 is 1.58 bits per heavy atom. The van der Waals surface area contributed by atoms with Crippen molar-refractivity contribution in [3.05, 3.63) is 76.5 Å². The second-order valence-electron chi connectivity index (χ2n) is 8.26. The summed E-state index contributed by atoms with van der Waals surface area (Å²) in [4.78, 5) is 32.6. The summed E-state index contributed by atoms with van der Waals surface area (Å²) < 4.78 is 0. The van der Waals surface area contributed by atoms with E-state index in [1.165, 1.54) is 4.90 Å².